The number of aromatic nitrogens is 3. The van der Waals surface area contributed by atoms with Crippen molar-refractivity contribution >= 4 is 17.7 Å². The van der Waals surface area contributed by atoms with E-state index in [9.17, 15) is 4.79 Å². The lowest BCUT2D eigenvalue weighted by Gasteiger charge is -2.05. The van der Waals surface area contributed by atoms with Gasteiger partial charge in [0, 0.05) is 20.0 Å². The van der Waals surface area contributed by atoms with Crippen molar-refractivity contribution in [2.75, 3.05) is 12.3 Å². The SMILES string of the molecule is CCCCCCNC(=O)CSc1nnc(CC)n1C. The number of hydrogen-bond acceptors (Lipinski definition) is 4. The number of nitrogens with zero attached hydrogens (tertiary/aromatic N) is 3. The summed E-state index contributed by atoms with van der Waals surface area (Å²) in [5.41, 5.74) is 0. The number of amides is 1. The zero-order chi connectivity index (χ0) is 14.1. The highest BCUT2D eigenvalue weighted by Crippen LogP contribution is 2.15. The summed E-state index contributed by atoms with van der Waals surface area (Å²) in [7, 11) is 1.93. The molecular weight excluding hydrogens is 260 g/mol. The lowest BCUT2D eigenvalue weighted by atomic mass is 10.2. The van der Waals surface area contributed by atoms with Crippen molar-refractivity contribution in [3.8, 4) is 0 Å². The van der Waals surface area contributed by atoms with Gasteiger partial charge in [-0.25, -0.2) is 0 Å². The van der Waals surface area contributed by atoms with Gasteiger partial charge in [0.15, 0.2) is 5.16 Å². The Balaban J connectivity index is 2.20. The predicted octanol–water partition coefficient (Wildman–Crippen LogP) is 2.17. The van der Waals surface area contributed by atoms with E-state index in [1.165, 1.54) is 31.0 Å². The van der Waals surface area contributed by atoms with Gasteiger partial charge in [0.2, 0.25) is 5.91 Å². The molecule has 19 heavy (non-hydrogen) atoms. The predicted molar refractivity (Wildman–Crippen MR) is 78.3 cm³/mol. The molecule has 0 aliphatic carbocycles. The van der Waals surface area contributed by atoms with E-state index in [4.69, 9.17) is 0 Å². The van der Waals surface area contributed by atoms with Gasteiger partial charge in [0.25, 0.3) is 0 Å². The van der Waals surface area contributed by atoms with E-state index < -0.39 is 0 Å². The van der Waals surface area contributed by atoms with Crippen LogP contribution in [0.1, 0.15) is 45.4 Å². The molecule has 1 N–H and O–H groups in total. The Bertz CT molecular complexity index is 392. The molecule has 5 nitrogen and oxygen atoms in total. The minimum Gasteiger partial charge on any atom is -0.355 e. The van der Waals surface area contributed by atoms with Gasteiger partial charge in [-0.1, -0.05) is 44.9 Å². The van der Waals surface area contributed by atoms with Gasteiger partial charge >= 0.3 is 0 Å². The third-order valence-corrected chi connectivity index (χ3v) is 3.95. The molecule has 0 atom stereocenters. The second-order valence-electron chi connectivity index (χ2n) is 4.51. The summed E-state index contributed by atoms with van der Waals surface area (Å²) < 4.78 is 1.94. The Kier molecular flexibility index (Phi) is 7.55. The van der Waals surface area contributed by atoms with E-state index in [-0.39, 0.29) is 5.91 Å². The van der Waals surface area contributed by atoms with Crippen molar-refractivity contribution in [3.05, 3.63) is 5.82 Å². The van der Waals surface area contributed by atoms with Crippen LogP contribution in [0.5, 0.6) is 0 Å². The molecule has 1 rings (SSSR count). The summed E-state index contributed by atoms with van der Waals surface area (Å²) in [6.07, 6.45) is 5.56. The summed E-state index contributed by atoms with van der Waals surface area (Å²) in [5.74, 6) is 1.42. The Hall–Kier alpha value is -1.04. The molecule has 0 unspecified atom stereocenters. The molecule has 0 saturated carbocycles. The number of carbonyl (C=O) groups is 1. The zero-order valence-corrected chi connectivity index (χ0v) is 12.9. The van der Waals surface area contributed by atoms with Crippen LogP contribution in [0.2, 0.25) is 0 Å². The van der Waals surface area contributed by atoms with Gasteiger partial charge in [-0.15, -0.1) is 10.2 Å². The van der Waals surface area contributed by atoms with E-state index in [0.29, 0.717) is 5.75 Å². The van der Waals surface area contributed by atoms with Crippen LogP contribution in [0.25, 0.3) is 0 Å². The van der Waals surface area contributed by atoms with Crippen LogP contribution in [0, 0.1) is 0 Å². The van der Waals surface area contributed by atoms with E-state index in [1.54, 1.807) is 0 Å². The minimum atomic E-state index is 0.0718. The van der Waals surface area contributed by atoms with Crippen LogP contribution < -0.4 is 5.32 Å². The molecular formula is C13H24N4OS. The fraction of sp³-hybridized carbons (Fsp3) is 0.769. The van der Waals surface area contributed by atoms with Crippen LogP contribution in [-0.4, -0.2) is 33.0 Å². The first-order valence-electron chi connectivity index (χ1n) is 6.96. The minimum absolute atomic E-state index is 0.0718. The normalized spacial score (nSPS) is 10.7. The highest BCUT2D eigenvalue weighted by molar-refractivity contribution is 7.99. The van der Waals surface area contributed by atoms with Gasteiger partial charge in [-0.05, 0) is 6.42 Å². The number of aryl methyl sites for hydroxylation is 1. The summed E-state index contributed by atoms with van der Waals surface area (Å²) in [4.78, 5) is 11.6. The van der Waals surface area contributed by atoms with Crippen molar-refractivity contribution in [2.45, 2.75) is 51.1 Å². The molecule has 0 radical (unpaired) electrons. The molecule has 0 aliphatic heterocycles. The first kappa shape index (κ1) is 16.0. The number of thioether (sulfide) groups is 1. The Morgan fingerprint density at radius 1 is 1.26 bits per heavy atom. The number of carbonyl (C=O) groups excluding carboxylic acids is 1. The van der Waals surface area contributed by atoms with E-state index in [0.717, 1.165) is 30.4 Å². The number of nitrogens with one attached hydrogen (secondary N) is 1. The highest BCUT2D eigenvalue weighted by Gasteiger charge is 2.09. The van der Waals surface area contributed by atoms with Gasteiger partial charge < -0.3 is 9.88 Å². The average molecular weight is 284 g/mol. The number of hydrogen-bond donors (Lipinski definition) is 1. The molecule has 0 spiro atoms. The topological polar surface area (TPSA) is 59.8 Å². The molecule has 1 aromatic rings. The lowest BCUT2D eigenvalue weighted by Crippen LogP contribution is -2.26. The van der Waals surface area contributed by atoms with Gasteiger partial charge in [-0.2, -0.15) is 0 Å². The fourth-order valence-electron chi connectivity index (χ4n) is 1.74. The number of rotatable bonds is 9. The van der Waals surface area contributed by atoms with Gasteiger partial charge in [0.1, 0.15) is 5.82 Å². The van der Waals surface area contributed by atoms with Crippen molar-refractivity contribution in [2.24, 2.45) is 7.05 Å². The standard InChI is InChI=1S/C13H24N4OS/c1-4-6-7-8-9-14-12(18)10-19-13-16-15-11(5-2)17(13)3/h4-10H2,1-3H3,(H,14,18). The molecule has 0 aromatic carbocycles. The van der Waals surface area contributed by atoms with Crippen LogP contribution in [0.3, 0.4) is 0 Å². The number of unbranched alkanes of at least 4 members (excludes halogenated alkanes) is 3. The quantitative estimate of drug-likeness (QED) is 0.557. The van der Waals surface area contributed by atoms with Gasteiger partial charge in [-0.3, -0.25) is 4.79 Å². The first-order valence-corrected chi connectivity index (χ1v) is 7.95. The van der Waals surface area contributed by atoms with Crippen LogP contribution >= 0.6 is 11.8 Å². The van der Waals surface area contributed by atoms with E-state index in [1.807, 2.05) is 18.5 Å². The maximum absolute atomic E-state index is 11.6. The molecule has 0 aliphatic rings. The summed E-state index contributed by atoms with van der Waals surface area (Å²) in [6, 6.07) is 0. The maximum Gasteiger partial charge on any atom is 0.230 e. The van der Waals surface area contributed by atoms with Crippen LogP contribution in [-0.2, 0) is 18.3 Å². The summed E-state index contributed by atoms with van der Waals surface area (Å²) in [5, 5.41) is 11.9. The molecule has 108 valence electrons. The second kappa shape index (κ2) is 8.96. The molecule has 6 heteroatoms. The molecule has 0 fully saturated rings. The second-order valence-corrected chi connectivity index (χ2v) is 5.45. The molecule has 0 saturated heterocycles. The highest BCUT2D eigenvalue weighted by atomic mass is 32.2. The van der Waals surface area contributed by atoms with Crippen molar-refractivity contribution in [3.63, 3.8) is 0 Å². The smallest absolute Gasteiger partial charge is 0.230 e. The van der Waals surface area contributed by atoms with Gasteiger partial charge in [0.05, 0.1) is 5.75 Å². The van der Waals surface area contributed by atoms with Crippen molar-refractivity contribution < 1.29 is 4.79 Å². The first-order chi connectivity index (χ1) is 9.19. The molecule has 0 bridgehead atoms. The molecule has 1 heterocycles. The van der Waals surface area contributed by atoms with Crippen molar-refractivity contribution in [1.29, 1.82) is 0 Å². The zero-order valence-electron chi connectivity index (χ0n) is 12.1. The summed E-state index contributed by atoms with van der Waals surface area (Å²) in [6.45, 7) is 5.00. The van der Waals surface area contributed by atoms with Crippen molar-refractivity contribution in [1.82, 2.24) is 20.1 Å². The van der Waals surface area contributed by atoms with E-state index >= 15 is 0 Å². The average Bonchev–Trinajstić information content (AvgIpc) is 2.76. The fourth-order valence-corrected chi connectivity index (χ4v) is 2.50. The Morgan fingerprint density at radius 2 is 2.05 bits per heavy atom. The lowest BCUT2D eigenvalue weighted by molar-refractivity contribution is -0.118. The van der Waals surface area contributed by atoms with Crippen LogP contribution in [0.15, 0.2) is 5.16 Å². The largest absolute Gasteiger partial charge is 0.355 e. The van der Waals surface area contributed by atoms with Crippen LogP contribution in [0.4, 0.5) is 0 Å². The van der Waals surface area contributed by atoms with E-state index in [2.05, 4.69) is 22.4 Å². The molecule has 1 aromatic heterocycles. The third kappa shape index (κ3) is 5.63. The summed E-state index contributed by atoms with van der Waals surface area (Å²) >= 11 is 1.44. The molecule has 1 amide bonds. The maximum atomic E-state index is 11.6. The monoisotopic (exact) mass is 284 g/mol. The Labute approximate surface area is 119 Å². The Morgan fingerprint density at radius 3 is 2.68 bits per heavy atom. The third-order valence-electron chi connectivity index (χ3n) is 2.93.